The van der Waals surface area contributed by atoms with E-state index in [0.717, 1.165) is 6.42 Å². The Balaban J connectivity index is 2.07. The van der Waals surface area contributed by atoms with Gasteiger partial charge in [0.1, 0.15) is 12.1 Å². The molecular formula is C18H24N2O4. The summed E-state index contributed by atoms with van der Waals surface area (Å²) in [6.07, 6.45) is 1.65. The maximum atomic E-state index is 12.6. The number of carbonyl (C=O) groups is 3. The number of amides is 2. The number of aliphatic carboxylic acids is 1. The van der Waals surface area contributed by atoms with E-state index in [-0.39, 0.29) is 17.7 Å². The van der Waals surface area contributed by atoms with Gasteiger partial charge in [0.25, 0.3) is 5.91 Å². The van der Waals surface area contributed by atoms with Crippen LogP contribution in [0.5, 0.6) is 0 Å². The van der Waals surface area contributed by atoms with Crippen LogP contribution in [0, 0.1) is 5.92 Å². The van der Waals surface area contributed by atoms with Gasteiger partial charge in [-0.2, -0.15) is 0 Å². The first-order chi connectivity index (χ1) is 11.4. The molecule has 2 atom stereocenters. The van der Waals surface area contributed by atoms with E-state index < -0.39 is 18.1 Å². The summed E-state index contributed by atoms with van der Waals surface area (Å²) in [6, 6.07) is 7.29. The molecule has 1 aromatic carbocycles. The van der Waals surface area contributed by atoms with Gasteiger partial charge in [0.05, 0.1) is 0 Å². The first-order valence-corrected chi connectivity index (χ1v) is 8.29. The molecule has 0 aliphatic carbocycles. The Bertz CT molecular complexity index is 600. The fraction of sp³-hybridized carbons (Fsp3) is 0.500. The lowest BCUT2D eigenvalue weighted by Gasteiger charge is -2.26. The fourth-order valence-corrected chi connectivity index (χ4v) is 2.99. The molecule has 2 amide bonds. The third-order valence-corrected chi connectivity index (χ3v) is 4.16. The van der Waals surface area contributed by atoms with Crippen LogP contribution in [-0.2, 0) is 9.59 Å². The minimum atomic E-state index is -1.05. The molecule has 1 aromatic rings. The summed E-state index contributed by atoms with van der Waals surface area (Å²) in [5, 5.41) is 11.9. The van der Waals surface area contributed by atoms with Crippen molar-refractivity contribution in [3.05, 3.63) is 35.9 Å². The molecule has 0 bridgehead atoms. The summed E-state index contributed by atoms with van der Waals surface area (Å²) in [6.45, 7) is 4.32. The van der Waals surface area contributed by atoms with Crippen LogP contribution < -0.4 is 5.32 Å². The van der Waals surface area contributed by atoms with Gasteiger partial charge in [-0.3, -0.25) is 9.59 Å². The molecule has 0 radical (unpaired) electrons. The SMILES string of the molecule is CC(C)C[C@H](NC(=O)[C@H]1CCCN1C(=O)c1ccccc1)C(=O)O. The minimum absolute atomic E-state index is 0.150. The molecule has 6 nitrogen and oxygen atoms in total. The van der Waals surface area contributed by atoms with Crippen molar-refractivity contribution >= 4 is 17.8 Å². The summed E-state index contributed by atoms with van der Waals surface area (Å²) in [5.74, 6) is -1.47. The van der Waals surface area contributed by atoms with Crippen molar-refractivity contribution in [2.75, 3.05) is 6.54 Å². The summed E-state index contributed by atoms with van der Waals surface area (Å²) in [5.41, 5.74) is 0.536. The molecule has 1 saturated heterocycles. The van der Waals surface area contributed by atoms with E-state index in [0.29, 0.717) is 24.9 Å². The molecule has 0 spiro atoms. The van der Waals surface area contributed by atoms with Crippen LogP contribution in [0.25, 0.3) is 0 Å². The van der Waals surface area contributed by atoms with Crippen LogP contribution in [0.1, 0.15) is 43.5 Å². The lowest BCUT2D eigenvalue weighted by Crippen LogP contribution is -2.51. The predicted octanol–water partition coefficient (Wildman–Crippen LogP) is 1.91. The fourth-order valence-electron chi connectivity index (χ4n) is 2.99. The number of carboxylic acids is 1. The first-order valence-electron chi connectivity index (χ1n) is 8.29. The first kappa shape index (κ1) is 18.0. The Kier molecular flexibility index (Phi) is 5.95. The quantitative estimate of drug-likeness (QED) is 0.833. The van der Waals surface area contributed by atoms with Gasteiger partial charge in [-0.1, -0.05) is 32.0 Å². The van der Waals surface area contributed by atoms with Gasteiger partial charge in [-0.15, -0.1) is 0 Å². The summed E-state index contributed by atoms with van der Waals surface area (Å²) in [4.78, 5) is 38.0. The molecule has 1 fully saturated rings. The molecular weight excluding hydrogens is 308 g/mol. The second-order valence-electron chi connectivity index (χ2n) is 6.55. The van der Waals surface area contributed by atoms with Crippen molar-refractivity contribution in [1.82, 2.24) is 10.2 Å². The molecule has 130 valence electrons. The highest BCUT2D eigenvalue weighted by Crippen LogP contribution is 2.21. The average molecular weight is 332 g/mol. The van der Waals surface area contributed by atoms with E-state index in [1.165, 1.54) is 0 Å². The van der Waals surface area contributed by atoms with Crippen LogP contribution in [0.15, 0.2) is 30.3 Å². The Morgan fingerprint density at radius 1 is 1.25 bits per heavy atom. The van der Waals surface area contributed by atoms with Crippen molar-refractivity contribution in [3.8, 4) is 0 Å². The van der Waals surface area contributed by atoms with Crippen molar-refractivity contribution in [2.45, 2.75) is 45.2 Å². The highest BCUT2D eigenvalue weighted by molar-refractivity contribution is 5.98. The third kappa shape index (κ3) is 4.34. The highest BCUT2D eigenvalue weighted by Gasteiger charge is 2.36. The van der Waals surface area contributed by atoms with Crippen LogP contribution in [0.3, 0.4) is 0 Å². The number of carbonyl (C=O) groups excluding carboxylic acids is 2. The van der Waals surface area contributed by atoms with Gasteiger partial charge >= 0.3 is 5.97 Å². The van der Waals surface area contributed by atoms with Crippen molar-refractivity contribution in [3.63, 3.8) is 0 Å². The normalized spacial score (nSPS) is 18.5. The predicted molar refractivity (Wildman–Crippen MR) is 89.5 cm³/mol. The summed E-state index contributed by atoms with van der Waals surface area (Å²) >= 11 is 0. The molecule has 0 saturated carbocycles. The number of hydrogen-bond donors (Lipinski definition) is 2. The van der Waals surface area contributed by atoms with Crippen molar-refractivity contribution in [1.29, 1.82) is 0 Å². The highest BCUT2D eigenvalue weighted by atomic mass is 16.4. The van der Waals surface area contributed by atoms with Crippen molar-refractivity contribution < 1.29 is 19.5 Å². The number of rotatable bonds is 6. The monoisotopic (exact) mass is 332 g/mol. The average Bonchev–Trinajstić information content (AvgIpc) is 3.03. The standard InChI is InChI=1S/C18H24N2O4/c1-12(2)11-14(18(23)24)19-16(21)15-9-6-10-20(15)17(22)13-7-4-3-5-8-13/h3-5,7-8,12,14-15H,6,9-11H2,1-2H3,(H,19,21)(H,23,24)/t14-,15+/m0/s1. The van der Waals surface area contributed by atoms with Gasteiger partial charge in [0.2, 0.25) is 5.91 Å². The van der Waals surface area contributed by atoms with Gasteiger partial charge in [0.15, 0.2) is 0 Å². The maximum Gasteiger partial charge on any atom is 0.326 e. The van der Waals surface area contributed by atoms with E-state index in [1.54, 1.807) is 29.2 Å². The van der Waals surface area contributed by atoms with Crippen LogP contribution in [0.2, 0.25) is 0 Å². The smallest absolute Gasteiger partial charge is 0.326 e. The lowest BCUT2D eigenvalue weighted by atomic mass is 10.0. The van der Waals surface area contributed by atoms with E-state index in [9.17, 15) is 19.5 Å². The topological polar surface area (TPSA) is 86.7 Å². The second kappa shape index (κ2) is 7.95. The molecule has 24 heavy (non-hydrogen) atoms. The molecule has 1 heterocycles. The molecule has 1 aliphatic rings. The number of nitrogens with one attached hydrogen (secondary N) is 1. The van der Waals surface area contributed by atoms with Gasteiger partial charge in [-0.25, -0.2) is 4.79 Å². The summed E-state index contributed by atoms with van der Waals surface area (Å²) in [7, 11) is 0. The van der Waals surface area contributed by atoms with Gasteiger partial charge in [0, 0.05) is 12.1 Å². The molecule has 2 rings (SSSR count). The summed E-state index contributed by atoms with van der Waals surface area (Å²) < 4.78 is 0. The van der Waals surface area contributed by atoms with E-state index in [4.69, 9.17) is 0 Å². The van der Waals surface area contributed by atoms with Crippen LogP contribution >= 0.6 is 0 Å². The van der Waals surface area contributed by atoms with Crippen LogP contribution in [-0.4, -0.2) is 46.4 Å². The number of carboxylic acid groups (broad SMARTS) is 1. The van der Waals surface area contributed by atoms with E-state index in [1.807, 2.05) is 19.9 Å². The minimum Gasteiger partial charge on any atom is -0.480 e. The second-order valence-corrected chi connectivity index (χ2v) is 6.55. The third-order valence-electron chi connectivity index (χ3n) is 4.16. The number of benzene rings is 1. The van der Waals surface area contributed by atoms with Crippen LogP contribution in [0.4, 0.5) is 0 Å². The Hall–Kier alpha value is -2.37. The molecule has 0 aromatic heterocycles. The van der Waals surface area contributed by atoms with E-state index >= 15 is 0 Å². The Morgan fingerprint density at radius 2 is 1.92 bits per heavy atom. The molecule has 6 heteroatoms. The van der Waals surface area contributed by atoms with Crippen molar-refractivity contribution in [2.24, 2.45) is 5.92 Å². The lowest BCUT2D eigenvalue weighted by molar-refractivity contribution is -0.142. The molecule has 1 aliphatic heterocycles. The zero-order chi connectivity index (χ0) is 17.7. The van der Waals surface area contributed by atoms with Gasteiger partial charge < -0.3 is 15.3 Å². The number of nitrogens with zero attached hydrogens (tertiary/aromatic N) is 1. The zero-order valence-corrected chi connectivity index (χ0v) is 14.1. The maximum absolute atomic E-state index is 12.6. The molecule has 0 unspecified atom stereocenters. The molecule has 2 N–H and O–H groups in total. The number of hydrogen-bond acceptors (Lipinski definition) is 3. The Morgan fingerprint density at radius 3 is 2.50 bits per heavy atom. The van der Waals surface area contributed by atoms with E-state index in [2.05, 4.69) is 5.32 Å². The largest absolute Gasteiger partial charge is 0.480 e. The zero-order valence-electron chi connectivity index (χ0n) is 14.1. The Labute approximate surface area is 141 Å². The van der Waals surface area contributed by atoms with Gasteiger partial charge in [-0.05, 0) is 37.3 Å². The number of likely N-dealkylation sites (tertiary alicyclic amines) is 1.